The second-order valence-corrected chi connectivity index (χ2v) is 6.28. The lowest BCUT2D eigenvalue weighted by molar-refractivity contribution is -0.129. The normalized spacial score (nSPS) is 22.7. The smallest absolute Gasteiger partial charge is 0.227 e. The van der Waals surface area contributed by atoms with Gasteiger partial charge in [-0.1, -0.05) is 18.2 Å². The van der Waals surface area contributed by atoms with Gasteiger partial charge in [-0.25, -0.2) is 4.68 Å². The van der Waals surface area contributed by atoms with Gasteiger partial charge in [-0.3, -0.25) is 4.79 Å². The molecule has 1 amide bonds. The number of rotatable bonds is 3. The zero-order chi connectivity index (χ0) is 14.9. The Hall–Kier alpha value is -1.85. The minimum Gasteiger partial charge on any atom is -0.342 e. The lowest BCUT2D eigenvalue weighted by Gasteiger charge is -2.16. The van der Waals surface area contributed by atoms with Crippen molar-refractivity contribution in [2.24, 2.45) is 11.8 Å². The highest BCUT2D eigenvalue weighted by Gasteiger charge is 2.37. The number of hydrogen-bond acceptors (Lipinski definition) is 3. The number of aromatic nitrogens is 2. The summed E-state index contributed by atoms with van der Waals surface area (Å²) in [7, 11) is 0. The van der Waals surface area contributed by atoms with Gasteiger partial charge in [0.25, 0.3) is 0 Å². The molecule has 1 aromatic heterocycles. The number of para-hydroxylation sites is 1. The Morgan fingerprint density at radius 3 is 2.57 bits per heavy atom. The maximum absolute atomic E-state index is 12.5. The number of hydrogen-bond donors (Lipinski definition) is 1. The standard InChI is InChI=1S/C17H20N4O.ClH/c22-17(20-11-14-8-18-9-15(14)12-20)6-13-7-19-21(10-13)16-4-2-1-3-5-16;/h1-5,7,10,14-15,18H,6,8-9,11-12H2;1H/t14-,15+;. The highest BCUT2D eigenvalue weighted by molar-refractivity contribution is 5.85. The zero-order valence-corrected chi connectivity index (χ0v) is 13.7. The van der Waals surface area contributed by atoms with E-state index in [0.717, 1.165) is 37.4 Å². The summed E-state index contributed by atoms with van der Waals surface area (Å²) >= 11 is 0. The fourth-order valence-electron chi connectivity index (χ4n) is 3.52. The molecule has 0 saturated carbocycles. The van der Waals surface area contributed by atoms with Crippen molar-refractivity contribution in [3.63, 3.8) is 0 Å². The Morgan fingerprint density at radius 2 is 1.87 bits per heavy atom. The molecular formula is C17H21ClN4O. The summed E-state index contributed by atoms with van der Waals surface area (Å²) in [6, 6.07) is 9.97. The molecule has 0 aliphatic carbocycles. The molecule has 0 radical (unpaired) electrons. The van der Waals surface area contributed by atoms with Crippen molar-refractivity contribution >= 4 is 18.3 Å². The molecule has 122 valence electrons. The van der Waals surface area contributed by atoms with E-state index in [1.807, 2.05) is 46.1 Å². The summed E-state index contributed by atoms with van der Waals surface area (Å²) in [5.74, 6) is 1.52. The number of amides is 1. The van der Waals surface area contributed by atoms with Crippen LogP contribution in [0.4, 0.5) is 0 Å². The quantitative estimate of drug-likeness (QED) is 0.927. The van der Waals surface area contributed by atoms with Gasteiger partial charge in [0.2, 0.25) is 5.91 Å². The van der Waals surface area contributed by atoms with E-state index in [2.05, 4.69) is 10.4 Å². The van der Waals surface area contributed by atoms with Crippen LogP contribution in [0.5, 0.6) is 0 Å². The number of carbonyl (C=O) groups excluding carboxylic acids is 1. The van der Waals surface area contributed by atoms with Gasteiger partial charge in [-0.05, 0) is 29.5 Å². The van der Waals surface area contributed by atoms with E-state index in [1.165, 1.54) is 0 Å². The monoisotopic (exact) mass is 332 g/mol. The van der Waals surface area contributed by atoms with Gasteiger partial charge < -0.3 is 10.2 Å². The van der Waals surface area contributed by atoms with Gasteiger partial charge in [-0.15, -0.1) is 12.4 Å². The lowest BCUT2D eigenvalue weighted by atomic mass is 10.0. The average molecular weight is 333 g/mol. The second-order valence-electron chi connectivity index (χ2n) is 6.28. The minimum atomic E-state index is 0. The third kappa shape index (κ3) is 3.26. The molecule has 1 N–H and O–H groups in total. The molecule has 2 atom stereocenters. The zero-order valence-electron chi connectivity index (χ0n) is 12.9. The fraction of sp³-hybridized carbons (Fsp3) is 0.412. The first-order chi connectivity index (χ1) is 10.8. The summed E-state index contributed by atoms with van der Waals surface area (Å²) < 4.78 is 1.82. The number of likely N-dealkylation sites (tertiary alicyclic amines) is 1. The van der Waals surface area contributed by atoms with Crippen molar-refractivity contribution in [2.45, 2.75) is 6.42 Å². The highest BCUT2D eigenvalue weighted by Crippen LogP contribution is 2.26. The van der Waals surface area contributed by atoms with Crippen molar-refractivity contribution in [3.8, 4) is 5.69 Å². The SMILES string of the molecule is Cl.O=C(Cc1cnn(-c2ccccc2)c1)N1C[C@H]2CNC[C@H]2C1. The fourth-order valence-corrected chi connectivity index (χ4v) is 3.52. The van der Waals surface area contributed by atoms with Crippen LogP contribution in [0, 0.1) is 11.8 Å². The molecule has 2 fully saturated rings. The van der Waals surface area contributed by atoms with Gasteiger partial charge in [0.15, 0.2) is 0 Å². The molecule has 5 nitrogen and oxygen atoms in total. The van der Waals surface area contributed by atoms with Gasteiger partial charge in [0, 0.05) is 32.4 Å². The number of halogens is 1. The van der Waals surface area contributed by atoms with E-state index in [9.17, 15) is 4.79 Å². The molecule has 2 saturated heterocycles. The number of nitrogens with zero attached hydrogens (tertiary/aromatic N) is 3. The summed E-state index contributed by atoms with van der Waals surface area (Å²) in [4.78, 5) is 14.5. The van der Waals surface area contributed by atoms with Crippen LogP contribution >= 0.6 is 12.4 Å². The number of nitrogens with one attached hydrogen (secondary N) is 1. The van der Waals surface area contributed by atoms with E-state index in [4.69, 9.17) is 0 Å². The van der Waals surface area contributed by atoms with Crippen molar-refractivity contribution in [2.75, 3.05) is 26.2 Å². The molecule has 2 aliphatic heterocycles. The largest absolute Gasteiger partial charge is 0.342 e. The maximum atomic E-state index is 12.5. The second kappa shape index (κ2) is 6.72. The molecule has 23 heavy (non-hydrogen) atoms. The van der Waals surface area contributed by atoms with Gasteiger partial charge in [0.1, 0.15) is 0 Å². The van der Waals surface area contributed by atoms with Crippen LogP contribution in [0.3, 0.4) is 0 Å². The molecule has 0 unspecified atom stereocenters. The molecule has 2 aromatic rings. The van der Waals surface area contributed by atoms with Gasteiger partial charge in [0.05, 0.1) is 18.3 Å². The molecule has 3 heterocycles. The number of benzene rings is 1. The first kappa shape index (κ1) is 16.0. The number of fused-ring (bicyclic) bond motifs is 1. The van der Waals surface area contributed by atoms with Crippen molar-refractivity contribution in [3.05, 3.63) is 48.3 Å². The van der Waals surface area contributed by atoms with Crippen LogP contribution in [-0.4, -0.2) is 46.8 Å². The Bertz CT molecular complexity index is 660. The molecule has 0 spiro atoms. The van der Waals surface area contributed by atoms with Crippen LogP contribution in [0.15, 0.2) is 42.7 Å². The molecule has 6 heteroatoms. The Morgan fingerprint density at radius 1 is 1.17 bits per heavy atom. The lowest BCUT2D eigenvalue weighted by Crippen LogP contribution is -2.32. The van der Waals surface area contributed by atoms with Crippen LogP contribution in [-0.2, 0) is 11.2 Å². The Balaban J connectivity index is 0.00000156. The minimum absolute atomic E-state index is 0. The maximum Gasteiger partial charge on any atom is 0.227 e. The third-order valence-corrected chi connectivity index (χ3v) is 4.75. The first-order valence-electron chi connectivity index (χ1n) is 7.87. The summed E-state index contributed by atoms with van der Waals surface area (Å²) in [6.45, 7) is 3.92. The van der Waals surface area contributed by atoms with Gasteiger partial charge >= 0.3 is 0 Å². The molecule has 2 aliphatic rings. The average Bonchev–Trinajstić information content (AvgIpc) is 3.23. The molecule has 0 bridgehead atoms. The molecule has 4 rings (SSSR count). The van der Waals surface area contributed by atoms with E-state index in [-0.39, 0.29) is 18.3 Å². The topological polar surface area (TPSA) is 50.2 Å². The number of carbonyl (C=O) groups is 1. The van der Waals surface area contributed by atoms with Gasteiger partial charge in [-0.2, -0.15) is 5.10 Å². The third-order valence-electron chi connectivity index (χ3n) is 4.75. The van der Waals surface area contributed by atoms with E-state index in [0.29, 0.717) is 18.3 Å². The Kier molecular flexibility index (Phi) is 4.68. The first-order valence-corrected chi connectivity index (χ1v) is 7.87. The van der Waals surface area contributed by atoms with Crippen LogP contribution in [0.2, 0.25) is 0 Å². The van der Waals surface area contributed by atoms with Crippen molar-refractivity contribution in [1.29, 1.82) is 0 Å². The Labute approximate surface area is 142 Å². The molecular weight excluding hydrogens is 312 g/mol. The summed E-state index contributed by atoms with van der Waals surface area (Å²) in [5.41, 5.74) is 1.99. The molecule has 1 aromatic carbocycles. The van der Waals surface area contributed by atoms with E-state index < -0.39 is 0 Å². The highest BCUT2D eigenvalue weighted by atomic mass is 35.5. The van der Waals surface area contributed by atoms with Crippen LogP contribution in [0.25, 0.3) is 5.69 Å². The summed E-state index contributed by atoms with van der Waals surface area (Å²) in [5, 5.41) is 7.76. The predicted molar refractivity (Wildman–Crippen MR) is 90.9 cm³/mol. The predicted octanol–water partition coefficient (Wildman–Crippen LogP) is 1.51. The van der Waals surface area contributed by atoms with Crippen LogP contribution in [0.1, 0.15) is 5.56 Å². The van der Waals surface area contributed by atoms with Crippen LogP contribution < -0.4 is 5.32 Å². The summed E-state index contributed by atoms with van der Waals surface area (Å²) in [6.07, 6.45) is 4.19. The van der Waals surface area contributed by atoms with Crippen molar-refractivity contribution in [1.82, 2.24) is 20.0 Å². The van der Waals surface area contributed by atoms with E-state index >= 15 is 0 Å². The van der Waals surface area contributed by atoms with E-state index in [1.54, 1.807) is 6.20 Å². The van der Waals surface area contributed by atoms with Crippen molar-refractivity contribution < 1.29 is 4.79 Å².